The monoisotopic (exact) mass is 436 g/mol. The first-order valence-corrected chi connectivity index (χ1v) is 11.0. The summed E-state index contributed by atoms with van der Waals surface area (Å²) >= 11 is 0. The Balaban J connectivity index is 1.15. The van der Waals surface area contributed by atoms with Crippen LogP contribution in [0.4, 0.5) is 11.8 Å². The minimum atomic E-state index is -0.0390. The highest BCUT2D eigenvalue weighted by Crippen LogP contribution is 2.23. The van der Waals surface area contributed by atoms with Crippen LogP contribution in [0.1, 0.15) is 0 Å². The van der Waals surface area contributed by atoms with Gasteiger partial charge in [0, 0.05) is 70.8 Å². The number of hydrogen-bond acceptors (Lipinski definition) is 9. The van der Waals surface area contributed by atoms with Crippen LogP contribution >= 0.6 is 0 Å². The minimum Gasteiger partial charge on any atom is -0.497 e. The first-order valence-electron chi connectivity index (χ1n) is 11.0. The molecule has 0 aliphatic carbocycles. The van der Waals surface area contributed by atoms with Crippen LogP contribution < -0.4 is 20.0 Å². The molecule has 32 heavy (non-hydrogen) atoms. The highest BCUT2D eigenvalue weighted by molar-refractivity contribution is 5.79. The van der Waals surface area contributed by atoms with E-state index >= 15 is 0 Å². The first-order chi connectivity index (χ1) is 15.7. The van der Waals surface area contributed by atoms with Gasteiger partial charge in [0.15, 0.2) is 11.3 Å². The quantitative estimate of drug-likeness (QED) is 0.591. The summed E-state index contributed by atoms with van der Waals surface area (Å²) in [4.78, 5) is 30.7. The molecular formula is C23H28N6O3. The van der Waals surface area contributed by atoms with Gasteiger partial charge >= 0.3 is 0 Å². The van der Waals surface area contributed by atoms with Crippen LogP contribution in [0.5, 0.6) is 5.75 Å². The van der Waals surface area contributed by atoms with Crippen LogP contribution in [-0.4, -0.2) is 85.9 Å². The lowest BCUT2D eigenvalue weighted by Gasteiger charge is -2.40. The average Bonchev–Trinajstić information content (AvgIpc) is 2.85. The molecule has 2 saturated heterocycles. The van der Waals surface area contributed by atoms with Crippen molar-refractivity contribution in [2.45, 2.75) is 0 Å². The number of hydrogen-bond donors (Lipinski definition) is 0. The van der Waals surface area contributed by atoms with Crippen molar-refractivity contribution in [2.75, 3.05) is 75.9 Å². The largest absolute Gasteiger partial charge is 0.497 e. The highest BCUT2D eigenvalue weighted by Gasteiger charge is 2.24. The van der Waals surface area contributed by atoms with Crippen LogP contribution in [0, 0.1) is 0 Å². The van der Waals surface area contributed by atoms with Gasteiger partial charge in [-0.2, -0.15) is 0 Å². The normalized spacial score (nSPS) is 18.3. The molecule has 3 aromatic rings. The summed E-state index contributed by atoms with van der Waals surface area (Å²) in [5.41, 5.74) is 0.554. The van der Waals surface area contributed by atoms with Crippen molar-refractivity contribution >= 4 is 22.8 Å². The van der Waals surface area contributed by atoms with E-state index in [0.29, 0.717) is 22.6 Å². The molecular weight excluding hydrogens is 408 g/mol. The predicted molar refractivity (Wildman–Crippen MR) is 124 cm³/mol. The molecule has 168 valence electrons. The van der Waals surface area contributed by atoms with E-state index in [0.717, 1.165) is 65.0 Å². The third kappa shape index (κ3) is 4.39. The molecule has 9 heteroatoms. The lowest BCUT2D eigenvalue weighted by Crippen LogP contribution is -2.54. The number of aromatic nitrogens is 2. The molecule has 2 aromatic heterocycles. The second-order valence-corrected chi connectivity index (χ2v) is 8.21. The van der Waals surface area contributed by atoms with Crippen LogP contribution in [0.2, 0.25) is 0 Å². The highest BCUT2D eigenvalue weighted by atomic mass is 16.5. The Morgan fingerprint density at radius 3 is 2.22 bits per heavy atom. The molecule has 0 amide bonds. The van der Waals surface area contributed by atoms with Gasteiger partial charge in [-0.05, 0) is 24.3 Å². The van der Waals surface area contributed by atoms with Crippen LogP contribution in [0.15, 0.2) is 51.9 Å². The zero-order valence-electron chi connectivity index (χ0n) is 18.3. The third-order valence-electron chi connectivity index (χ3n) is 6.21. The molecule has 0 radical (unpaired) electrons. The summed E-state index contributed by atoms with van der Waals surface area (Å²) in [5.74, 6) is 2.11. The Kier molecular flexibility index (Phi) is 5.91. The summed E-state index contributed by atoms with van der Waals surface area (Å²) < 4.78 is 11.3. The van der Waals surface area contributed by atoms with Gasteiger partial charge in [0.25, 0.3) is 0 Å². The molecule has 0 unspecified atom stereocenters. The van der Waals surface area contributed by atoms with E-state index in [1.807, 2.05) is 12.1 Å². The summed E-state index contributed by atoms with van der Waals surface area (Å²) in [7, 11) is 1.59. The Morgan fingerprint density at radius 2 is 1.56 bits per heavy atom. The average molecular weight is 437 g/mol. The molecule has 9 nitrogen and oxygen atoms in total. The van der Waals surface area contributed by atoms with Gasteiger partial charge in [-0.3, -0.25) is 14.6 Å². The number of ether oxygens (including phenoxy) is 1. The van der Waals surface area contributed by atoms with Gasteiger partial charge in [-0.15, -0.1) is 0 Å². The second kappa shape index (κ2) is 9.13. The summed E-state index contributed by atoms with van der Waals surface area (Å²) in [6.07, 6.45) is 3.59. The van der Waals surface area contributed by atoms with Crippen molar-refractivity contribution in [3.05, 3.63) is 52.9 Å². The fourth-order valence-electron chi connectivity index (χ4n) is 4.34. The van der Waals surface area contributed by atoms with Crippen LogP contribution in [0.25, 0.3) is 11.0 Å². The van der Waals surface area contributed by atoms with Crippen molar-refractivity contribution in [1.29, 1.82) is 0 Å². The van der Waals surface area contributed by atoms with E-state index in [1.165, 1.54) is 0 Å². The van der Waals surface area contributed by atoms with E-state index < -0.39 is 0 Å². The maximum atomic E-state index is 12.6. The fourth-order valence-corrected chi connectivity index (χ4v) is 4.34. The number of piperazine rings is 2. The Bertz CT molecular complexity index is 1110. The van der Waals surface area contributed by atoms with Gasteiger partial charge in [0.2, 0.25) is 5.95 Å². The molecule has 4 heterocycles. The molecule has 0 bridgehead atoms. The summed E-state index contributed by atoms with van der Waals surface area (Å²) in [6.45, 7) is 8.39. The van der Waals surface area contributed by atoms with Crippen molar-refractivity contribution < 1.29 is 9.15 Å². The Labute approximate surface area is 186 Å². The van der Waals surface area contributed by atoms with Crippen molar-refractivity contribution in [1.82, 2.24) is 19.8 Å². The standard InChI is InChI=1S/C23H28N6O3/c1-31-18-3-4-21-19(15-18)20(30)16-22(32-21)28-11-7-26(8-12-28)17-27-9-13-29(14-10-27)23-24-5-2-6-25-23/h2-6,15-16H,7-14,17H2,1H3. The molecule has 1 aromatic carbocycles. The van der Waals surface area contributed by atoms with E-state index in [1.54, 1.807) is 37.7 Å². The SMILES string of the molecule is COc1ccc2oc(N3CCN(CN4CCN(c5ncccn5)CC4)CC3)cc(=O)c2c1. The van der Waals surface area contributed by atoms with Crippen molar-refractivity contribution in [3.63, 3.8) is 0 Å². The maximum absolute atomic E-state index is 12.6. The molecule has 0 N–H and O–H groups in total. The second-order valence-electron chi connectivity index (χ2n) is 8.21. The zero-order valence-corrected chi connectivity index (χ0v) is 18.3. The van der Waals surface area contributed by atoms with Gasteiger partial charge in [0.1, 0.15) is 11.3 Å². The lowest BCUT2D eigenvalue weighted by molar-refractivity contribution is 0.119. The molecule has 2 aliphatic heterocycles. The minimum absolute atomic E-state index is 0.0390. The van der Waals surface area contributed by atoms with E-state index in [2.05, 4.69) is 29.6 Å². The van der Waals surface area contributed by atoms with Crippen LogP contribution in [0.3, 0.4) is 0 Å². The number of rotatable bonds is 5. The van der Waals surface area contributed by atoms with Gasteiger partial charge in [-0.1, -0.05) is 0 Å². The number of fused-ring (bicyclic) bond motifs is 1. The number of benzene rings is 1. The molecule has 2 fully saturated rings. The molecule has 0 spiro atoms. The topological polar surface area (TPSA) is 78.2 Å². The molecule has 5 rings (SSSR count). The van der Waals surface area contributed by atoms with Crippen molar-refractivity contribution in [3.8, 4) is 5.75 Å². The molecule has 0 atom stereocenters. The summed E-state index contributed by atoms with van der Waals surface area (Å²) in [6, 6.07) is 8.79. The lowest BCUT2D eigenvalue weighted by atomic mass is 10.2. The Morgan fingerprint density at radius 1 is 0.906 bits per heavy atom. The smallest absolute Gasteiger partial charge is 0.225 e. The third-order valence-corrected chi connectivity index (χ3v) is 6.21. The first kappa shape index (κ1) is 20.7. The molecule has 2 aliphatic rings. The van der Waals surface area contributed by atoms with Crippen LogP contribution in [-0.2, 0) is 0 Å². The fraction of sp³-hybridized carbons (Fsp3) is 0.435. The predicted octanol–water partition coefficient (Wildman–Crippen LogP) is 1.49. The Hall–Kier alpha value is -3.17. The maximum Gasteiger partial charge on any atom is 0.225 e. The summed E-state index contributed by atoms with van der Waals surface area (Å²) in [5, 5.41) is 0.548. The van der Waals surface area contributed by atoms with Gasteiger partial charge < -0.3 is 19.0 Å². The van der Waals surface area contributed by atoms with Crippen molar-refractivity contribution in [2.24, 2.45) is 0 Å². The molecule has 0 saturated carbocycles. The zero-order chi connectivity index (χ0) is 21.9. The van der Waals surface area contributed by atoms with E-state index in [-0.39, 0.29) is 5.43 Å². The number of methoxy groups -OCH3 is 1. The van der Waals surface area contributed by atoms with E-state index in [4.69, 9.17) is 9.15 Å². The van der Waals surface area contributed by atoms with Gasteiger partial charge in [-0.25, -0.2) is 9.97 Å². The number of anilines is 2. The van der Waals surface area contributed by atoms with Gasteiger partial charge in [0.05, 0.1) is 19.2 Å². The number of nitrogens with zero attached hydrogens (tertiary/aromatic N) is 6. The van der Waals surface area contributed by atoms with E-state index in [9.17, 15) is 4.79 Å².